The molecule has 1 aliphatic heterocycles. The molecular weight excluding hydrogens is 344 g/mol. The SMILES string of the molecule is CCNC(=O)NC[C@@H]1CCC2(C=O)c3c(F)ccc(F)c3OC[C@@]2(N)C1. The van der Waals surface area contributed by atoms with E-state index in [2.05, 4.69) is 10.6 Å². The van der Waals surface area contributed by atoms with Crippen molar-refractivity contribution < 1.29 is 23.1 Å². The highest BCUT2D eigenvalue weighted by Crippen LogP contribution is 2.52. The zero-order valence-electron chi connectivity index (χ0n) is 14.6. The average Bonchev–Trinajstić information content (AvgIpc) is 2.62. The molecule has 1 aromatic rings. The highest BCUT2D eigenvalue weighted by Gasteiger charge is 2.59. The number of benzene rings is 1. The summed E-state index contributed by atoms with van der Waals surface area (Å²) < 4.78 is 34.1. The Morgan fingerprint density at radius 2 is 2.12 bits per heavy atom. The highest BCUT2D eigenvalue weighted by atomic mass is 19.1. The number of hydrogen-bond acceptors (Lipinski definition) is 4. The van der Waals surface area contributed by atoms with Gasteiger partial charge in [-0.1, -0.05) is 0 Å². The van der Waals surface area contributed by atoms with E-state index in [1.165, 1.54) is 0 Å². The molecule has 0 bridgehead atoms. The lowest BCUT2D eigenvalue weighted by Gasteiger charge is -2.53. The molecule has 8 heteroatoms. The largest absolute Gasteiger partial charge is 0.488 e. The summed E-state index contributed by atoms with van der Waals surface area (Å²) in [6, 6.07) is 1.71. The lowest BCUT2D eigenvalue weighted by atomic mass is 9.55. The Labute approximate surface area is 150 Å². The van der Waals surface area contributed by atoms with Gasteiger partial charge in [0.2, 0.25) is 0 Å². The van der Waals surface area contributed by atoms with Crippen LogP contribution in [-0.4, -0.2) is 37.6 Å². The fraction of sp³-hybridized carbons (Fsp3) is 0.556. The van der Waals surface area contributed by atoms with E-state index in [0.29, 0.717) is 32.2 Å². The molecule has 0 radical (unpaired) electrons. The minimum absolute atomic E-state index is 0.0115. The van der Waals surface area contributed by atoms with Gasteiger partial charge in [-0.25, -0.2) is 13.6 Å². The van der Waals surface area contributed by atoms with E-state index >= 15 is 0 Å². The van der Waals surface area contributed by atoms with E-state index in [9.17, 15) is 18.4 Å². The summed E-state index contributed by atoms with van der Waals surface area (Å²) >= 11 is 0. The molecule has 1 aromatic carbocycles. The molecular formula is C18H23F2N3O3. The molecule has 1 heterocycles. The molecule has 26 heavy (non-hydrogen) atoms. The Bertz CT molecular complexity index is 730. The summed E-state index contributed by atoms with van der Waals surface area (Å²) in [4.78, 5) is 23.7. The standard InChI is InChI=1S/C18H23F2N3O3/c1-2-22-16(25)23-8-11-5-6-17(9-24)14-12(19)3-4-13(20)15(14)26-10-18(17,21)7-11/h3-4,9,11H,2,5-8,10,21H2,1H3,(H2,22,23,25)/t11-,17?,18+/m1/s1. The van der Waals surface area contributed by atoms with Gasteiger partial charge in [0.05, 0.1) is 11.0 Å². The predicted molar refractivity (Wildman–Crippen MR) is 90.9 cm³/mol. The maximum absolute atomic E-state index is 14.5. The Morgan fingerprint density at radius 1 is 1.38 bits per heavy atom. The van der Waals surface area contributed by atoms with Crippen molar-refractivity contribution in [2.75, 3.05) is 19.7 Å². The van der Waals surface area contributed by atoms with Crippen LogP contribution >= 0.6 is 0 Å². The molecule has 3 atom stereocenters. The maximum Gasteiger partial charge on any atom is 0.314 e. The Balaban J connectivity index is 1.88. The Kier molecular flexibility index (Phi) is 4.88. The number of nitrogens with two attached hydrogens (primary N) is 1. The third-order valence-electron chi connectivity index (χ3n) is 5.56. The van der Waals surface area contributed by atoms with Crippen LogP contribution in [0.2, 0.25) is 0 Å². The van der Waals surface area contributed by atoms with Crippen LogP contribution in [0, 0.1) is 17.6 Å². The summed E-state index contributed by atoms with van der Waals surface area (Å²) in [5.74, 6) is -1.61. The molecule has 2 aliphatic rings. The van der Waals surface area contributed by atoms with Crippen molar-refractivity contribution in [1.29, 1.82) is 0 Å². The molecule has 1 unspecified atom stereocenters. The zero-order chi connectivity index (χ0) is 18.9. The van der Waals surface area contributed by atoms with Crippen molar-refractivity contribution in [1.82, 2.24) is 10.6 Å². The van der Waals surface area contributed by atoms with Gasteiger partial charge in [0.1, 0.15) is 18.7 Å². The molecule has 1 fully saturated rings. The lowest BCUT2D eigenvalue weighted by molar-refractivity contribution is -0.119. The first-order valence-electron chi connectivity index (χ1n) is 8.75. The van der Waals surface area contributed by atoms with Gasteiger partial charge in [-0.2, -0.15) is 0 Å². The smallest absolute Gasteiger partial charge is 0.314 e. The normalized spacial score (nSPS) is 29.8. The lowest BCUT2D eigenvalue weighted by Crippen LogP contribution is -2.68. The predicted octanol–water partition coefficient (Wildman–Crippen LogP) is 1.61. The average molecular weight is 367 g/mol. The fourth-order valence-electron chi connectivity index (χ4n) is 4.20. The third kappa shape index (κ3) is 2.82. The second-order valence-electron chi connectivity index (χ2n) is 7.12. The van der Waals surface area contributed by atoms with Crippen molar-refractivity contribution in [3.8, 4) is 5.75 Å². The van der Waals surface area contributed by atoms with Crippen molar-refractivity contribution >= 4 is 12.3 Å². The van der Waals surface area contributed by atoms with E-state index in [4.69, 9.17) is 10.5 Å². The number of fused-ring (bicyclic) bond motifs is 3. The van der Waals surface area contributed by atoms with Crippen LogP contribution in [0.4, 0.5) is 13.6 Å². The number of carbonyl (C=O) groups is 2. The first-order valence-corrected chi connectivity index (χ1v) is 8.75. The van der Waals surface area contributed by atoms with E-state index in [1.54, 1.807) is 0 Å². The number of carbonyl (C=O) groups excluding carboxylic acids is 2. The van der Waals surface area contributed by atoms with Crippen molar-refractivity contribution in [3.05, 3.63) is 29.3 Å². The van der Waals surface area contributed by atoms with Crippen LogP contribution in [0.5, 0.6) is 5.75 Å². The molecule has 4 N–H and O–H groups in total. The van der Waals surface area contributed by atoms with Crippen LogP contribution < -0.4 is 21.1 Å². The number of rotatable bonds is 4. The van der Waals surface area contributed by atoms with E-state index in [-0.39, 0.29) is 36.3 Å². The Hall–Kier alpha value is -2.22. The molecule has 142 valence electrons. The first kappa shape index (κ1) is 18.6. The minimum atomic E-state index is -1.34. The third-order valence-corrected chi connectivity index (χ3v) is 5.56. The van der Waals surface area contributed by atoms with Crippen LogP contribution in [-0.2, 0) is 10.2 Å². The van der Waals surface area contributed by atoms with Gasteiger partial charge in [0.25, 0.3) is 0 Å². The number of ether oxygens (including phenoxy) is 1. The van der Waals surface area contributed by atoms with Gasteiger partial charge in [-0.05, 0) is 44.2 Å². The topological polar surface area (TPSA) is 93.5 Å². The van der Waals surface area contributed by atoms with Crippen LogP contribution in [0.25, 0.3) is 0 Å². The summed E-state index contributed by atoms with van der Waals surface area (Å²) in [5, 5.41) is 5.41. The van der Waals surface area contributed by atoms with Gasteiger partial charge in [0, 0.05) is 18.7 Å². The van der Waals surface area contributed by atoms with Gasteiger partial charge in [-0.3, -0.25) is 0 Å². The van der Waals surface area contributed by atoms with Gasteiger partial charge < -0.3 is 25.9 Å². The van der Waals surface area contributed by atoms with E-state index in [0.717, 1.165) is 12.1 Å². The quantitative estimate of drug-likeness (QED) is 0.705. The van der Waals surface area contributed by atoms with E-state index < -0.39 is 22.6 Å². The number of nitrogens with one attached hydrogen (secondary N) is 2. The van der Waals surface area contributed by atoms with Crippen molar-refractivity contribution in [2.45, 2.75) is 37.1 Å². The second-order valence-corrected chi connectivity index (χ2v) is 7.12. The number of hydrogen-bond donors (Lipinski definition) is 3. The van der Waals surface area contributed by atoms with Crippen LogP contribution in [0.15, 0.2) is 12.1 Å². The van der Waals surface area contributed by atoms with Crippen LogP contribution in [0.3, 0.4) is 0 Å². The summed E-state index contributed by atoms with van der Waals surface area (Å²) in [6.45, 7) is 2.63. The molecule has 1 aliphatic carbocycles. The molecule has 3 rings (SSSR count). The summed E-state index contributed by atoms with van der Waals surface area (Å²) in [7, 11) is 0. The number of aldehydes is 1. The monoisotopic (exact) mass is 367 g/mol. The van der Waals surface area contributed by atoms with Crippen LogP contribution in [0.1, 0.15) is 31.7 Å². The summed E-state index contributed by atoms with van der Waals surface area (Å²) in [6.07, 6.45) is 1.82. The zero-order valence-corrected chi connectivity index (χ0v) is 14.6. The van der Waals surface area contributed by atoms with Gasteiger partial charge in [0.15, 0.2) is 11.6 Å². The second kappa shape index (κ2) is 6.83. The first-order chi connectivity index (χ1) is 12.4. The van der Waals surface area contributed by atoms with Gasteiger partial charge >= 0.3 is 6.03 Å². The molecule has 2 amide bonds. The van der Waals surface area contributed by atoms with Crippen molar-refractivity contribution in [2.24, 2.45) is 11.7 Å². The molecule has 1 saturated carbocycles. The Morgan fingerprint density at radius 3 is 2.81 bits per heavy atom. The molecule has 0 saturated heterocycles. The fourth-order valence-corrected chi connectivity index (χ4v) is 4.20. The van der Waals surface area contributed by atoms with Crippen molar-refractivity contribution in [3.63, 3.8) is 0 Å². The highest BCUT2D eigenvalue weighted by molar-refractivity contribution is 5.76. The number of halogens is 2. The van der Waals surface area contributed by atoms with E-state index in [1.807, 2.05) is 6.92 Å². The number of amides is 2. The minimum Gasteiger partial charge on any atom is -0.488 e. The number of urea groups is 1. The molecule has 0 aromatic heterocycles. The summed E-state index contributed by atoms with van der Waals surface area (Å²) in [5.41, 5.74) is 3.94. The molecule has 0 spiro atoms. The van der Waals surface area contributed by atoms with Gasteiger partial charge in [-0.15, -0.1) is 0 Å². The molecule has 6 nitrogen and oxygen atoms in total. The maximum atomic E-state index is 14.5.